The molecule has 0 aliphatic carbocycles. The molecule has 0 saturated heterocycles. The van der Waals surface area contributed by atoms with Crippen molar-refractivity contribution in [3.8, 4) is 5.75 Å². The molecule has 2 aromatic carbocycles. The van der Waals surface area contributed by atoms with Crippen LogP contribution in [0.15, 0.2) is 42.5 Å². The summed E-state index contributed by atoms with van der Waals surface area (Å²) in [4.78, 5) is 0. The zero-order chi connectivity index (χ0) is 14.8. The van der Waals surface area contributed by atoms with Crippen molar-refractivity contribution in [1.82, 2.24) is 0 Å². The van der Waals surface area contributed by atoms with E-state index in [1.165, 1.54) is 12.1 Å². The van der Waals surface area contributed by atoms with Crippen molar-refractivity contribution < 1.29 is 13.5 Å². The van der Waals surface area contributed by atoms with Gasteiger partial charge in [-0.2, -0.15) is 8.78 Å². The second-order valence-corrected chi connectivity index (χ2v) is 4.83. The third-order valence-corrected chi connectivity index (χ3v) is 3.17. The quantitative estimate of drug-likeness (QED) is 0.855. The third-order valence-electron chi connectivity index (χ3n) is 3.17. The van der Waals surface area contributed by atoms with Crippen LogP contribution in [0.25, 0.3) is 0 Å². The molecule has 0 bridgehead atoms. The Morgan fingerprint density at radius 1 is 1.05 bits per heavy atom. The fourth-order valence-electron chi connectivity index (χ4n) is 1.94. The van der Waals surface area contributed by atoms with Gasteiger partial charge < -0.3 is 10.5 Å². The first-order chi connectivity index (χ1) is 9.40. The highest BCUT2D eigenvalue weighted by Gasteiger charge is 2.32. The van der Waals surface area contributed by atoms with Gasteiger partial charge >= 0.3 is 5.92 Å². The van der Waals surface area contributed by atoms with Crippen LogP contribution in [0.3, 0.4) is 0 Å². The van der Waals surface area contributed by atoms with Crippen molar-refractivity contribution >= 4 is 5.69 Å². The Morgan fingerprint density at radius 2 is 1.70 bits per heavy atom. The highest BCUT2D eigenvalue weighted by Crippen LogP contribution is 2.31. The number of anilines is 1. The van der Waals surface area contributed by atoms with Crippen LogP contribution in [0.1, 0.15) is 16.7 Å². The zero-order valence-corrected chi connectivity index (χ0v) is 11.5. The van der Waals surface area contributed by atoms with Crippen molar-refractivity contribution in [1.29, 1.82) is 0 Å². The van der Waals surface area contributed by atoms with Gasteiger partial charge in [-0.1, -0.05) is 36.4 Å². The standard InChI is InChI=1S/C16H17F2NO/c1-11-8-12(2)15(9-14(11)19)20-10-16(17,18)13-6-4-3-5-7-13/h3-9H,10,19H2,1-2H3. The number of hydrogen-bond acceptors (Lipinski definition) is 2. The van der Waals surface area contributed by atoms with Crippen LogP contribution >= 0.6 is 0 Å². The molecular weight excluding hydrogens is 260 g/mol. The Kier molecular flexibility index (Phi) is 3.93. The van der Waals surface area contributed by atoms with Gasteiger partial charge in [-0.25, -0.2) is 0 Å². The number of benzene rings is 2. The van der Waals surface area contributed by atoms with E-state index in [1.807, 2.05) is 19.9 Å². The summed E-state index contributed by atoms with van der Waals surface area (Å²) >= 11 is 0. The molecule has 0 heterocycles. The lowest BCUT2D eigenvalue weighted by Gasteiger charge is -2.19. The van der Waals surface area contributed by atoms with E-state index in [0.29, 0.717) is 11.4 Å². The van der Waals surface area contributed by atoms with Crippen LogP contribution in [-0.2, 0) is 5.92 Å². The number of nitrogen functional groups attached to an aromatic ring is 1. The summed E-state index contributed by atoms with van der Waals surface area (Å²) in [7, 11) is 0. The summed E-state index contributed by atoms with van der Waals surface area (Å²) in [6.07, 6.45) is 0. The summed E-state index contributed by atoms with van der Waals surface area (Å²) in [5, 5.41) is 0. The minimum Gasteiger partial charge on any atom is -0.487 e. The fraction of sp³-hybridized carbons (Fsp3) is 0.250. The first kappa shape index (κ1) is 14.3. The lowest BCUT2D eigenvalue weighted by atomic mass is 10.1. The van der Waals surface area contributed by atoms with Crippen LogP contribution in [0.5, 0.6) is 5.75 Å². The van der Waals surface area contributed by atoms with Crippen LogP contribution in [0.4, 0.5) is 14.5 Å². The maximum atomic E-state index is 14.0. The highest BCUT2D eigenvalue weighted by atomic mass is 19.3. The SMILES string of the molecule is Cc1cc(C)c(OCC(F)(F)c2ccccc2)cc1N. The average Bonchev–Trinajstić information content (AvgIpc) is 2.42. The molecule has 0 unspecified atom stereocenters. The summed E-state index contributed by atoms with van der Waals surface area (Å²) in [5.74, 6) is -2.64. The molecule has 0 fully saturated rings. The van der Waals surface area contributed by atoms with Gasteiger partial charge in [0.15, 0.2) is 6.61 Å². The van der Waals surface area contributed by atoms with Gasteiger partial charge in [-0.15, -0.1) is 0 Å². The maximum absolute atomic E-state index is 14.0. The predicted octanol–water partition coefficient (Wildman–Crippen LogP) is 4.06. The average molecular weight is 277 g/mol. The summed E-state index contributed by atoms with van der Waals surface area (Å²) in [6, 6.07) is 11.1. The molecule has 0 spiro atoms. The molecule has 2 aromatic rings. The molecule has 0 aromatic heterocycles. The maximum Gasteiger partial charge on any atom is 0.306 e. The molecule has 0 aliphatic heterocycles. The van der Waals surface area contributed by atoms with Crippen LogP contribution < -0.4 is 10.5 Å². The van der Waals surface area contributed by atoms with Gasteiger partial charge in [0.1, 0.15) is 5.75 Å². The normalized spacial score (nSPS) is 11.4. The van der Waals surface area contributed by atoms with E-state index in [9.17, 15) is 8.78 Å². The Bertz CT molecular complexity index is 597. The highest BCUT2D eigenvalue weighted by molar-refractivity contribution is 5.54. The minimum absolute atomic E-state index is 0.0577. The van der Waals surface area contributed by atoms with Crippen molar-refractivity contribution in [3.63, 3.8) is 0 Å². The van der Waals surface area contributed by atoms with Gasteiger partial charge in [-0.05, 0) is 25.0 Å². The number of ether oxygens (including phenoxy) is 1. The number of alkyl halides is 2. The Balaban J connectivity index is 2.14. The summed E-state index contributed by atoms with van der Waals surface area (Å²) in [6.45, 7) is 2.97. The number of rotatable bonds is 4. The van der Waals surface area contributed by atoms with E-state index in [0.717, 1.165) is 11.1 Å². The van der Waals surface area contributed by atoms with Crippen molar-refractivity contribution in [3.05, 3.63) is 59.2 Å². The Hall–Kier alpha value is -2.10. The molecular formula is C16H17F2NO. The van der Waals surface area contributed by atoms with E-state index >= 15 is 0 Å². The van der Waals surface area contributed by atoms with Crippen LogP contribution in [0, 0.1) is 13.8 Å². The second kappa shape index (κ2) is 5.49. The molecule has 0 saturated carbocycles. The lowest BCUT2D eigenvalue weighted by molar-refractivity contribution is -0.0468. The molecule has 2 N–H and O–H groups in total. The van der Waals surface area contributed by atoms with Gasteiger partial charge in [0.2, 0.25) is 0 Å². The minimum atomic E-state index is -3.03. The Labute approximate surface area is 117 Å². The largest absolute Gasteiger partial charge is 0.487 e. The van der Waals surface area contributed by atoms with Gasteiger partial charge in [0.05, 0.1) is 0 Å². The number of hydrogen-bond donors (Lipinski definition) is 1. The molecule has 4 heteroatoms. The number of aryl methyl sites for hydroxylation is 2. The predicted molar refractivity (Wildman–Crippen MR) is 76.2 cm³/mol. The smallest absolute Gasteiger partial charge is 0.306 e. The first-order valence-corrected chi connectivity index (χ1v) is 6.33. The lowest BCUT2D eigenvalue weighted by Crippen LogP contribution is -2.23. The molecule has 0 atom stereocenters. The summed E-state index contributed by atoms with van der Waals surface area (Å²) in [5.41, 5.74) is 7.95. The zero-order valence-electron chi connectivity index (χ0n) is 11.5. The molecule has 106 valence electrons. The van der Waals surface area contributed by atoms with E-state index in [1.54, 1.807) is 24.3 Å². The van der Waals surface area contributed by atoms with E-state index in [-0.39, 0.29) is 5.56 Å². The number of nitrogens with two attached hydrogens (primary N) is 1. The molecule has 20 heavy (non-hydrogen) atoms. The molecule has 0 aliphatic rings. The van der Waals surface area contributed by atoms with Gasteiger partial charge in [0.25, 0.3) is 0 Å². The molecule has 2 rings (SSSR count). The van der Waals surface area contributed by atoms with Crippen molar-refractivity contribution in [2.45, 2.75) is 19.8 Å². The number of halogens is 2. The van der Waals surface area contributed by atoms with Gasteiger partial charge in [0, 0.05) is 17.3 Å². The molecule has 2 nitrogen and oxygen atoms in total. The fourth-order valence-corrected chi connectivity index (χ4v) is 1.94. The summed E-state index contributed by atoms with van der Waals surface area (Å²) < 4.78 is 33.3. The first-order valence-electron chi connectivity index (χ1n) is 6.33. The Morgan fingerprint density at radius 3 is 2.35 bits per heavy atom. The van der Waals surface area contributed by atoms with Crippen LogP contribution in [-0.4, -0.2) is 6.61 Å². The van der Waals surface area contributed by atoms with Crippen molar-refractivity contribution in [2.24, 2.45) is 0 Å². The molecule has 0 radical (unpaired) electrons. The topological polar surface area (TPSA) is 35.2 Å². The second-order valence-electron chi connectivity index (χ2n) is 4.83. The van der Waals surface area contributed by atoms with E-state index in [4.69, 9.17) is 10.5 Å². The van der Waals surface area contributed by atoms with Crippen LogP contribution in [0.2, 0.25) is 0 Å². The third kappa shape index (κ3) is 3.07. The monoisotopic (exact) mass is 277 g/mol. The van der Waals surface area contributed by atoms with Crippen molar-refractivity contribution in [2.75, 3.05) is 12.3 Å². The molecule has 0 amide bonds. The van der Waals surface area contributed by atoms with Gasteiger partial charge in [-0.3, -0.25) is 0 Å². The van der Waals surface area contributed by atoms with E-state index < -0.39 is 12.5 Å². The van der Waals surface area contributed by atoms with E-state index in [2.05, 4.69) is 0 Å².